The maximum atomic E-state index is 13.3. The summed E-state index contributed by atoms with van der Waals surface area (Å²) in [6.45, 7) is 6.13. The second kappa shape index (κ2) is 26.1. The third-order valence-electron chi connectivity index (χ3n) is 11.3. The Morgan fingerprint density at radius 2 is 0.905 bits per heavy atom. The Hall–Kier alpha value is -8.80. The monoisotopic (exact) mass is 1010 g/mol. The number of carbonyl (C=O) groups excluding carboxylic acids is 4. The van der Waals surface area contributed by atoms with Crippen molar-refractivity contribution < 1.29 is 46.9 Å². The fraction of sp³-hybridized carbons (Fsp3) is 0.250. The number of fused-ring (bicyclic) bond motifs is 2. The number of rotatable bonds is 18. The highest BCUT2D eigenvalue weighted by Gasteiger charge is 2.26. The van der Waals surface area contributed by atoms with Gasteiger partial charge in [0, 0.05) is 24.6 Å². The Morgan fingerprint density at radius 3 is 1.26 bits per heavy atom. The standard InChI is InChI=1S/2C27H27FN4O4.2CH4/c2*1-17(31-26(34)16-29-18(2)33)27(19-5-4-6-23(13-19)35-3)36-24-11-12-25-20(14-24)15-30-32(25)22-9-7-21(28)8-10-22;;/h2*4-15,17,27H,16H2,1-3H3,(H,29,33)(H,31,34);2*1H4/t2*17-,27-;;/m00../s1. The highest BCUT2D eigenvalue weighted by molar-refractivity contribution is 5.85. The van der Waals surface area contributed by atoms with E-state index < -0.39 is 24.3 Å². The lowest BCUT2D eigenvalue weighted by Crippen LogP contribution is -2.44. The summed E-state index contributed by atoms with van der Waals surface area (Å²) in [6.07, 6.45) is 2.33. The van der Waals surface area contributed by atoms with Gasteiger partial charge in [-0.25, -0.2) is 18.1 Å². The molecule has 4 atom stereocenters. The Labute approximate surface area is 429 Å². The zero-order chi connectivity index (χ0) is 51.3. The minimum Gasteiger partial charge on any atom is -0.497 e. The number of aromatic nitrogens is 4. The number of benzene rings is 6. The summed E-state index contributed by atoms with van der Waals surface area (Å²) in [5.41, 5.74) is 4.77. The Morgan fingerprint density at radius 1 is 0.527 bits per heavy atom. The molecule has 2 aromatic heterocycles. The van der Waals surface area contributed by atoms with Gasteiger partial charge in [-0.3, -0.25) is 19.2 Å². The van der Waals surface area contributed by atoms with E-state index in [1.54, 1.807) is 60.2 Å². The molecule has 0 bridgehead atoms. The van der Waals surface area contributed by atoms with E-state index in [1.165, 1.54) is 38.1 Å². The predicted molar refractivity (Wildman–Crippen MR) is 281 cm³/mol. The molecule has 18 heteroatoms. The fourth-order valence-corrected chi connectivity index (χ4v) is 7.76. The number of hydrogen-bond acceptors (Lipinski definition) is 10. The van der Waals surface area contributed by atoms with E-state index in [0.29, 0.717) is 23.0 Å². The summed E-state index contributed by atoms with van der Waals surface area (Å²) in [5, 5.41) is 21.3. The van der Waals surface area contributed by atoms with Crippen LogP contribution in [0.2, 0.25) is 0 Å². The summed E-state index contributed by atoms with van der Waals surface area (Å²) in [7, 11) is 3.17. The zero-order valence-electron chi connectivity index (χ0n) is 40.4. The SMILES string of the molecule is C.C.COc1cccc([C@@H](Oc2ccc3c(cnn3-c3ccc(F)cc3)c2)[C@H](C)NC(=O)CNC(C)=O)c1.COc1cccc([C@@H](Oc2ccc3c(cnn3-c3ccc(F)cc3)c2)[C@H](C)NC(=O)CNC(C)=O)c1. The van der Waals surface area contributed by atoms with Crippen LogP contribution < -0.4 is 40.2 Å². The van der Waals surface area contributed by atoms with E-state index in [2.05, 4.69) is 31.5 Å². The number of nitrogens with zero attached hydrogens (tertiary/aromatic N) is 4. The van der Waals surface area contributed by atoms with Gasteiger partial charge in [-0.05, 0) is 134 Å². The van der Waals surface area contributed by atoms with Gasteiger partial charge in [0.25, 0.3) is 0 Å². The van der Waals surface area contributed by atoms with Crippen molar-refractivity contribution >= 4 is 45.4 Å². The quantitative estimate of drug-likeness (QED) is 0.0645. The van der Waals surface area contributed by atoms with Crippen molar-refractivity contribution in [1.82, 2.24) is 40.8 Å². The van der Waals surface area contributed by atoms with Crippen molar-refractivity contribution in [3.05, 3.63) is 169 Å². The second-order valence-electron chi connectivity index (χ2n) is 16.7. The molecule has 0 aliphatic carbocycles. The molecule has 0 fully saturated rings. The lowest BCUT2D eigenvalue weighted by Gasteiger charge is -2.27. The summed E-state index contributed by atoms with van der Waals surface area (Å²) in [4.78, 5) is 47.0. The van der Waals surface area contributed by atoms with Crippen LogP contribution in [0, 0.1) is 11.6 Å². The normalized spacial score (nSPS) is 12.2. The van der Waals surface area contributed by atoms with Crippen molar-refractivity contribution in [2.24, 2.45) is 0 Å². The van der Waals surface area contributed by atoms with E-state index >= 15 is 0 Å². The average molecular weight is 1010 g/mol. The van der Waals surface area contributed by atoms with Gasteiger partial charge < -0.3 is 40.2 Å². The van der Waals surface area contributed by atoms with Crippen molar-refractivity contribution in [3.8, 4) is 34.4 Å². The van der Waals surface area contributed by atoms with E-state index in [0.717, 1.165) is 44.3 Å². The van der Waals surface area contributed by atoms with E-state index in [4.69, 9.17) is 18.9 Å². The molecule has 388 valence electrons. The summed E-state index contributed by atoms with van der Waals surface area (Å²) in [6, 6.07) is 37.3. The van der Waals surface area contributed by atoms with Crippen LogP contribution in [-0.4, -0.2) is 82.6 Å². The molecule has 4 N–H and O–H groups in total. The minimum absolute atomic E-state index is 0. The maximum absolute atomic E-state index is 13.3. The van der Waals surface area contributed by atoms with Crippen molar-refractivity contribution in [2.75, 3.05) is 27.3 Å². The first-order valence-electron chi connectivity index (χ1n) is 22.8. The molecule has 0 aliphatic heterocycles. The van der Waals surface area contributed by atoms with E-state index in [1.807, 2.05) is 98.8 Å². The van der Waals surface area contributed by atoms with Gasteiger partial charge in [-0.15, -0.1) is 0 Å². The summed E-state index contributed by atoms with van der Waals surface area (Å²) in [5.74, 6) is 0.633. The van der Waals surface area contributed by atoms with E-state index in [9.17, 15) is 28.0 Å². The molecular formula is C56H62F2N8O8. The van der Waals surface area contributed by atoms with Gasteiger partial charge in [0.05, 0.1) is 74.2 Å². The number of ether oxygens (including phenoxy) is 4. The van der Waals surface area contributed by atoms with Crippen molar-refractivity contribution in [1.29, 1.82) is 0 Å². The molecule has 74 heavy (non-hydrogen) atoms. The lowest BCUT2D eigenvalue weighted by atomic mass is 10.0. The third kappa shape index (κ3) is 14.6. The largest absolute Gasteiger partial charge is 0.497 e. The van der Waals surface area contributed by atoms with Crippen LogP contribution in [0.5, 0.6) is 23.0 Å². The van der Waals surface area contributed by atoms with Crippen LogP contribution >= 0.6 is 0 Å². The molecule has 2 heterocycles. The lowest BCUT2D eigenvalue weighted by molar-refractivity contribution is -0.125. The summed E-state index contributed by atoms with van der Waals surface area (Å²) >= 11 is 0. The molecule has 0 radical (unpaired) electrons. The molecule has 6 aromatic carbocycles. The van der Waals surface area contributed by atoms with Crippen LogP contribution in [0.1, 0.15) is 65.9 Å². The Kier molecular flexibility index (Phi) is 19.8. The topological polar surface area (TPSA) is 189 Å². The fourth-order valence-electron chi connectivity index (χ4n) is 7.76. The van der Waals surface area contributed by atoms with Gasteiger partial charge in [-0.2, -0.15) is 10.2 Å². The second-order valence-corrected chi connectivity index (χ2v) is 16.7. The van der Waals surface area contributed by atoms with Crippen molar-refractivity contribution in [2.45, 2.75) is 66.8 Å². The smallest absolute Gasteiger partial charge is 0.239 e. The molecule has 4 amide bonds. The zero-order valence-corrected chi connectivity index (χ0v) is 40.4. The number of methoxy groups -OCH3 is 2. The molecule has 16 nitrogen and oxygen atoms in total. The number of amides is 4. The Balaban J connectivity index is 0.000000267. The minimum atomic E-state index is -0.550. The number of hydrogen-bond donors (Lipinski definition) is 4. The molecule has 8 rings (SSSR count). The Bertz CT molecular complexity index is 2950. The number of halogens is 2. The van der Waals surface area contributed by atoms with Crippen LogP contribution in [-0.2, 0) is 19.2 Å². The average Bonchev–Trinajstić information content (AvgIpc) is 4.01. The molecule has 8 aromatic rings. The predicted octanol–water partition coefficient (Wildman–Crippen LogP) is 9.14. The number of carbonyl (C=O) groups is 4. The van der Waals surface area contributed by atoms with Gasteiger partial charge in [0.1, 0.15) is 46.8 Å². The van der Waals surface area contributed by atoms with Crippen molar-refractivity contribution in [3.63, 3.8) is 0 Å². The third-order valence-corrected chi connectivity index (χ3v) is 11.3. The van der Waals surface area contributed by atoms with Gasteiger partial charge in [0.2, 0.25) is 23.6 Å². The van der Waals surface area contributed by atoms with Gasteiger partial charge >= 0.3 is 0 Å². The van der Waals surface area contributed by atoms with Crippen LogP contribution in [0.3, 0.4) is 0 Å². The van der Waals surface area contributed by atoms with Crippen LogP contribution in [0.15, 0.2) is 146 Å². The highest BCUT2D eigenvalue weighted by Crippen LogP contribution is 2.32. The van der Waals surface area contributed by atoms with Crippen LogP contribution in [0.4, 0.5) is 8.78 Å². The first kappa shape index (κ1) is 56.1. The highest BCUT2D eigenvalue weighted by atomic mass is 19.1. The maximum Gasteiger partial charge on any atom is 0.239 e. The van der Waals surface area contributed by atoms with E-state index in [-0.39, 0.29) is 63.2 Å². The molecule has 0 spiro atoms. The first-order valence-corrected chi connectivity index (χ1v) is 22.8. The molecule has 0 saturated heterocycles. The first-order chi connectivity index (χ1) is 34.7. The number of nitrogens with one attached hydrogen (secondary N) is 4. The van der Waals surface area contributed by atoms with Gasteiger partial charge in [-0.1, -0.05) is 39.1 Å². The van der Waals surface area contributed by atoms with Gasteiger partial charge in [0.15, 0.2) is 0 Å². The molecule has 0 saturated carbocycles. The molecular weight excluding hydrogens is 951 g/mol. The summed E-state index contributed by atoms with van der Waals surface area (Å²) < 4.78 is 53.6. The molecule has 0 unspecified atom stereocenters. The molecule has 0 aliphatic rings. The van der Waals surface area contributed by atoms with Crippen LogP contribution in [0.25, 0.3) is 33.2 Å².